The van der Waals surface area contributed by atoms with Crippen molar-refractivity contribution in [1.82, 2.24) is 0 Å². The largest absolute Gasteiger partial charge is 0.491 e. The summed E-state index contributed by atoms with van der Waals surface area (Å²) in [5, 5.41) is 0. The van der Waals surface area contributed by atoms with Gasteiger partial charge in [0.15, 0.2) is 0 Å². The topological polar surface area (TPSA) is 12.5 Å². The summed E-state index contributed by atoms with van der Waals surface area (Å²) in [6, 6.07) is 16.7. The Bertz CT molecular complexity index is 686. The molecule has 130 valence electrons. The van der Waals surface area contributed by atoms with Gasteiger partial charge in [0, 0.05) is 18.8 Å². The van der Waals surface area contributed by atoms with Gasteiger partial charge in [-0.2, -0.15) is 0 Å². The van der Waals surface area contributed by atoms with Crippen LogP contribution in [0.1, 0.15) is 25.0 Å². The van der Waals surface area contributed by atoms with E-state index < -0.39 is 0 Å². The highest BCUT2D eigenvalue weighted by Gasteiger charge is 2.02. The van der Waals surface area contributed by atoms with Crippen LogP contribution < -0.4 is 9.64 Å². The Balaban J connectivity index is 2.03. The summed E-state index contributed by atoms with van der Waals surface area (Å²) in [4.78, 5) is 2.22. The molecule has 0 saturated carbocycles. The highest BCUT2D eigenvalue weighted by Crippen LogP contribution is 2.18. The van der Waals surface area contributed by atoms with Gasteiger partial charge >= 0.3 is 0 Å². The first-order valence-electron chi connectivity index (χ1n) is 8.64. The Labute approximate surface area is 151 Å². The molecule has 0 saturated heterocycles. The first kappa shape index (κ1) is 18.6. The molecule has 0 heterocycles. The summed E-state index contributed by atoms with van der Waals surface area (Å²) in [7, 11) is 0. The third kappa shape index (κ3) is 6.00. The van der Waals surface area contributed by atoms with Gasteiger partial charge in [0.05, 0.1) is 6.10 Å². The summed E-state index contributed by atoms with van der Waals surface area (Å²) in [5.41, 5.74) is 3.50. The lowest BCUT2D eigenvalue weighted by Gasteiger charge is -2.21. The maximum absolute atomic E-state index is 5.66. The van der Waals surface area contributed by atoms with Crippen molar-refractivity contribution >= 4 is 17.8 Å². The van der Waals surface area contributed by atoms with E-state index in [-0.39, 0.29) is 6.10 Å². The van der Waals surface area contributed by atoms with Crippen molar-refractivity contribution in [3.63, 3.8) is 0 Å². The molecule has 0 spiro atoms. The minimum Gasteiger partial charge on any atom is -0.491 e. The van der Waals surface area contributed by atoms with Crippen molar-refractivity contribution < 1.29 is 4.74 Å². The lowest BCUT2D eigenvalue weighted by atomic mass is 10.1. The van der Waals surface area contributed by atoms with E-state index >= 15 is 0 Å². The van der Waals surface area contributed by atoms with Crippen LogP contribution in [-0.4, -0.2) is 19.2 Å². The molecule has 0 aromatic heterocycles. The molecule has 0 radical (unpaired) electrons. The maximum atomic E-state index is 5.66. The van der Waals surface area contributed by atoms with Gasteiger partial charge in [0.1, 0.15) is 5.75 Å². The first-order chi connectivity index (χ1) is 12.1. The van der Waals surface area contributed by atoms with Gasteiger partial charge in [-0.3, -0.25) is 0 Å². The average molecular weight is 333 g/mol. The second-order valence-electron chi connectivity index (χ2n) is 6.14. The molecule has 2 rings (SSSR count). The van der Waals surface area contributed by atoms with Crippen LogP contribution in [0.25, 0.3) is 12.2 Å². The van der Waals surface area contributed by atoms with E-state index in [1.807, 2.05) is 38.1 Å². The van der Waals surface area contributed by atoms with Crippen molar-refractivity contribution in [1.29, 1.82) is 0 Å². The number of ether oxygens (including phenoxy) is 1. The minimum atomic E-state index is 0.196. The van der Waals surface area contributed by atoms with E-state index in [0.29, 0.717) is 0 Å². The van der Waals surface area contributed by atoms with Crippen LogP contribution >= 0.6 is 0 Å². The number of anilines is 1. The Hall–Kier alpha value is -2.74. The standard InChI is InChI=1S/C23H27NO/c1-5-17-24(18-6-2)22-13-9-20(10-14-22)7-8-21-11-15-23(16-12-21)25-19(3)4/h5-16,19H,1-2,17-18H2,3-4H3. The molecule has 0 amide bonds. The fourth-order valence-corrected chi connectivity index (χ4v) is 2.52. The zero-order valence-electron chi connectivity index (χ0n) is 15.2. The average Bonchev–Trinajstić information content (AvgIpc) is 2.61. The van der Waals surface area contributed by atoms with Crippen molar-refractivity contribution in [2.24, 2.45) is 0 Å². The van der Waals surface area contributed by atoms with Crippen LogP contribution in [0.2, 0.25) is 0 Å². The van der Waals surface area contributed by atoms with E-state index in [1.54, 1.807) is 0 Å². The Morgan fingerprint density at radius 3 is 1.76 bits per heavy atom. The summed E-state index contributed by atoms with van der Waals surface area (Å²) in [6.45, 7) is 13.3. The van der Waals surface area contributed by atoms with Crippen LogP contribution in [0.4, 0.5) is 5.69 Å². The molecule has 25 heavy (non-hydrogen) atoms. The Morgan fingerprint density at radius 1 is 0.840 bits per heavy atom. The van der Waals surface area contributed by atoms with E-state index in [0.717, 1.165) is 24.4 Å². The molecule has 0 N–H and O–H groups in total. The summed E-state index contributed by atoms with van der Waals surface area (Å²) in [6.07, 6.45) is 8.24. The van der Waals surface area contributed by atoms with Gasteiger partial charge in [-0.15, -0.1) is 13.2 Å². The molecule has 2 heteroatoms. The quantitative estimate of drug-likeness (QED) is 0.423. The Morgan fingerprint density at radius 2 is 1.32 bits per heavy atom. The van der Waals surface area contributed by atoms with Crippen molar-refractivity contribution in [3.05, 3.63) is 85.0 Å². The maximum Gasteiger partial charge on any atom is 0.119 e. The van der Waals surface area contributed by atoms with E-state index in [9.17, 15) is 0 Å². The summed E-state index contributed by atoms with van der Waals surface area (Å²) in [5.74, 6) is 0.904. The second-order valence-corrected chi connectivity index (χ2v) is 6.14. The summed E-state index contributed by atoms with van der Waals surface area (Å²) < 4.78 is 5.66. The lowest BCUT2D eigenvalue weighted by molar-refractivity contribution is 0.242. The van der Waals surface area contributed by atoms with Gasteiger partial charge in [0.2, 0.25) is 0 Å². The van der Waals surface area contributed by atoms with Crippen molar-refractivity contribution in [2.75, 3.05) is 18.0 Å². The molecule has 0 bridgehead atoms. The molecule has 0 aliphatic heterocycles. The molecule has 0 unspecified atom stereocenters. The van der Waals surface area contributed by atoms with Crippen molar-refractivity contribution in [2.45, 2.75) is 20.0 Å². The molecule has 2 nitrogen and oxygen atoms in total. The number of benzene rings is 2. The smallest absolute Gasteiger partial charge is 0.119 e. The molecule has 2 aromatic carbocycles. The van der Waals surface area contributed by atoms with Crippen LogP contribution in [-0.2, 0) is 0 Å². The van der Waals surface area contributed by atoms with Crippen molar-refractivity contribution in [3.8, 4) is 5.75 Å². The minimum absolute atomic E-state index is 0.196. The highest BCUT2D eigenvalue weighted by atomic mass is 16.5. The molecule has 0 fully saturated rings. The predicted molar refractivity (Wildman–Crippen MR) is 110 cm³/mol. The third-order valence-electron chi connectivity index (χ3n) is 3.68. The zero-order valence-corrected chi connectivity index (χ0v) is 15.2. The number of hydrogen-bond donors (Lipinski definition) is 0. The fourth-order valence-electron chi connectivity index (χ4n) is 2.52. The first-order valence-corrected chi connectivity index (χ1v) is 8.64. The van der Waals surface area contributed by atoms with Crippen LogP contribution in [0.15, 0.2) is 73.8 Å². The fraction of sp³-hybridized carbons (Fsp3) is 0.217. The molecular formula is C23H27NO. The summed E-state index contributed by atoms with van der Waals surface area (Å²) >= 11 is 0. The molecule has 0 aliphatic rings. The normalized spacial score (nSPS) is 10.8. The van der Waals surface area contributed by atoms with Gasteiger partial charge in [-0.05, 0) is 49.2 Å². The number of hydrogen-bond acceptors (Lipinski definition) is 2. The van der Waals surface area contributed by atoms with E-state index in [1.165, 1.54) is 11.3 Å². The predicted octanol–water partition coefficient (Wildman–Crippen LogP) is 5.82. The highest BCUT2D eigenvalue weighted by molar-refractivity contribution is 5.70. The van der Waals surface area contributed by atoms with Crippen LogP contribution in [0.5, 0.6) is 5.75 Å². The monoisotopic (exact) mass is 333 g/mol. The SMILES string of the molecule is C=CCN(CC=C)c1ccc(C=Cc2ccc(OC(C)C)cc2)cc1. The van der Waals surface area contributed by atoms with E-state index in [2.05, 4.69) is 66.6 Å². The molecule has 0 atom stereocenters. The van der Waals surface area contributed by atoms with Gasteiger partial charge in [-0.1, -0.05) is 48.6 Å². The molecule has 2 aromatic rings. The van der Waals surface area contributed by atoms with Crippen LogP contribution in [0.3, 0.4) is 0 Å². The van der Waals surface area contributed by atoms with Gasteiger partial charge < -0.3 is 9.64 Å². The second kappa shape index (κ2) is 9.53. The van der Waals surface area contributed by atoms with Crippen LogP contribution in [0, 0.1) is 0 Å². The van der Waals surface area contributed by atoms with Gasteiger partial charge in [0.25, 0.3) is 0 Å². The lowest BCUT2D eigenvalue weighted by Crippen LogP contribution is -2.22. The van der Waals surface area contributed by atoms with E-state index in [4.69, 9.17) is 4.74 Å². The number of nitrogens with zero attached hydrogens (tertiary/aromatic N) is 1. The Kier molecular flexibility index (Phi) is 7.09. The molecule has 0 aliphatic carbocycles. The molecular weight excluding hydrogens is 306 g/mol. The number of rotatable bonds is 9. The van der Waals surface area contributed by atoms with Gasteiger partial charge in [-0.25, -0.2) is 0 Å². The third-order valence-corrected chi connectivity index (χ3v) is 3.68. The zero-order chi connectivity index (χ0) is 18.1.